The fourth-order valence-corrected chi connectivity index (χ4v) is 2.78. The molecule has 0 unspecified atom stereocenters. The highest BCUT2D eigenvalue weighted by molar-refractivity contribution is 5.94. The number of hydrogen-bond donors (Lipinski definition) is 3. The summed E-state index contributed by atoms with van der Waals surface area (Å²) in [6.07, 6.45) is 0.962. The Labute approximate surface area is 161 Å². The van der Waals surface area contributed by atoms with E-state index in [0.717, 1.165) is 36.7 Å². The monoisotopic (exact) mass is 370 g/mol. The number of carbonyl (C=O) groups is 1. The summed E-state index contributed by atoms with van der Waals surface area (Å²) in [6.45, 7) is 8.96. The minimum atomic E-state index is -0.0444. The van der Waals surface area contributed by atoms with Gasteiger partial charge in [0.15, 0.2) is 5.96 Å². The van der Waals surface area contributed by atoms with Crippen molar-refractivity contribution in [1.82, 2.24) is 25.7 Å². The molecule has 0 radical (unpaired) electrons. The third-order valence-electron chi connectivity index (χ3n) is 4.18. The molecule has 0 saturated carbocycles. The summed E-state index contributed by atoms with van der Waals surface area (Å²) in [5, 5.41) is 13.9. The molecule has 0 aliphatic rings. The van der Waals surface area contributed by atoms with Crippen LogP contribution in [0.5, 0.6) is 0 Å². The van der Waals surface area contributed by atoms with Crippen molar-refractivity contribution in [1.29, 1.82) is 0 Å². The van der Waals surface area contributed by atoms with Gasteiger partial charge in [0.25, 0.3) is 5.91 Å². The standard InChI is InChI=1S/C20H30N6O/c1-5-22-19(27)18-9-7-17(8-10-18)14-24-20(21-4)23-11-6-12-26-16(3)13-15(2)25-26/h7-10,13H,5-6,11-12,14H2,1-4H3,(H,22,27)(H2,21,23,24). The van der Waals surface area contributed by atoms with Gasteiger partial charge in [0, 0.05) is 44.5 Å². The SMILES string of the molecule is CCNC(=O)c1ccc(CNC(=NC)NCCCn2nc(C)cc2C)cc1. The Morgan fingerprint density at radius 1 is 1.15 bits per heavy atom. The van der Waals surface area contributed by atoms with Crippen LogP contribution in [0, 0.1) is 13.8 Å². The van der Waals surface area contributed by atoms with Crippen molar-refractivity contribution in [3.05, 3.63) is 52.8 Å². The second-order valence-electron chi connectivity index (χ2n) is 6.41. The summed E-state index contributed by atoms with van der Waals surface area (Å²) in [5.74, 6) is 0.716. The van der Waals surface area contributed by atoms with Crippen LogP contribution in [0.3, 0.4) is 0 Å². The lowest BCUT2D eigenvalue weighted by atomic mass is 10.1. The van der Waals surface area contributed by atoms with Crippen molar-refractivity contribution in [2.45, 2.75) is 40.3 Å². The molecule has 0 aliphatic heterocycles. The van der Waals surface area contributed by atoms with Gasteiger partial charge in [-0.05, 0) is 51.0 Å². The number of aromatic nitrogens is 2. The lowest BCUT2D eigenvalue weighted by Gasteiger charge is -2.12. The van der Waals surface area contributed by atoms with Crippen LogP contribution in [-0.2, 0) is 13.1 Å². The Balaban J connectivity index is 1.73. The van der Waals surface area contributed by atoms with Crippen LogP contribution >= 0.6 is 0 Å². The molecule has 1 aromatic heterocycles. The highest BCUT2D eigenvalue weighted by Crippen LogP contribution is 2.04. The van der Waals surface area contributed by atoms with Crippen LogP contribution in [0.4, 0.5) is 0 Å². The van der Waals surface area contributed by atoms with Gasteiger partial charge in [0.2, 0.25) is 0 Å². The van der Waals surface area contributed by atoms with Crippen LogP contribution in [0.2, 0.25) is 0 Å². The summed E-state index contributed by atoms with van der Waals surface area (Å²) < 4.78 is 2.03. The molecule has 1 aromatic carbocycles. The number of nitrogens with one attached hydrogen (secondary N) is 3. The Bertz CT molecular complexity index is 763. The predicted octanol–water partition coefficient (Wildman–Crippen LogP) is 2.00. The molecule has 146 valence electrons. The van der Waals surface area contributed by atoms with Crippen LogP contribution in [0.15, 0.2) is 35.3 Å². The molecular formula is C20H30N6O. The smallest absolute Gasteiger partial charge is 0.251 e. The molecule has 0 fully saturated rings. The number of aliphatic imine (C=N–C) groups is 1. The van der Waals surface area contributed by atoms with Gasteiger partial charge in [-0.25, -0.2) is 0 Å². The van der Waals surface area contributed by atoms with Gasteiger partial charge < -0.3 is 16.0 Å². The number of hydrogen-bond acceptors (Lipinski definition) is 3. The highest BCUT2D eigenvalue weighted by atomic mass is 16.1. The van der Waals surface area contributed by atoms with Crippen molar-refractivity contribution in [2.24, 2.45) is 4.99 Å². The quantitative estimate of drug-likeness (QED) is 0.377. The van der Waals surface area contributed by atoms with E-state index in [0.29, 0.717) is 18.7 Å². The number of benzene rings is 1. The normalized spacial score (nSPS) is 11.3. The molecule has 0 bridgehead atoms. The summed E-state index contributed by atoms with van der Waals surface area (Å²) in [5.41, 5.74) is 4.00. The molecule has 0 saturated heterocycles. The van der Waals surface area contributed by atoms with E-state index in [1.165, 1.54) is 5.69 Å². The molecule has 0 atom stereocenters. The lowest BCUT2D eigenvalue weighted by molar-refractivity contribution is 0.0956. The largest absolute Gasteiger partial charge is 0.356 e. The maximum Gasteiger partial charge on any atom is 0.251 e. The molecule has 7 heteroatoms. The van der Waals surface area contributed by atoms with Gasteiger partial charge in [0.05, 0.1) is 5.69 Å². The van der Waals surface area contributed by atoms with E-state index in [9.17, 15) is 4.79 Å². The zero-order valence-electron chi connectivity index (χ0n) is 16.7. The molecule has 1 heterocycles. The van der Waals surface area contributed by atoms with Gasteiger partial charge in [-0.3, -0.25) is 14.5 Å². The molecule has 2 rings (SSSR count). The summed E-state index contributed by atoms with van der Waals surface area (Å²) in [4.78, 5) is 16.0. The first-order valence-corrected chi connectivity index (χ1v) is 9.36. The maximum absolute atomic E-state index is 11.8. The van der Waals surface area contributed by atoms with E-state index in [2.05, 4.69) is 39.0 Å². The first-order chi connectivity index (χ1) is 13.0. The fourth-order valence-electron chi connectivity index (χ4n) is 2.78. The Morgan fingerprint density at radius 2 is 1.89 bits per heavy atom. The van der Waals surface area contributed by atoms with E-state index < -0.39 is 0 Å². The van der Waals surface area contributed by atoms with Gasteiger partial charge in [-0.1, -0.05) is 12.1 Å². The first kappa shape index (κ1) is 20.5. The number of amides is 1. The lowest BCUT2D eigenvalue weighted by Crippen LogP contribution is -2.37. The third-order valence-corrected chi connectivity index (χ3v) is 4.18. The fraction of sp³-hybridized carbons (Fsp3) is 0.450. The zero-order valence-corrected chi connectivity index (χ0v) is 16.7. The summed E-state index contributed by atoms with van der Waals surface area (Å²) >= 11 is 0. The highest BCUT2D eigenvalue weighted by Gasteiger charge is 2.04. The first-order valence-electron chi connectivity index (χ1n) is 9.36. The van der Waals surface area contributed by atoms with E-state index in [1.54, 1.807) is 7.05 Å². The van der Waals surface area contributed by atoms with Crippen molar-refractivity contribution in [3.63, 3.8) is 0 Å². The topological polar surface area (TPSA) is 83.3 Å². The van der Waals surface area contributed by atoms with Crippen molar-refractivity contribution in [3.8, 4) is 0 Å². The van der Waals surface area contributed by atoms with Crippen LogP contribution in [-0.4, -0.2) is 41.8 Å². The van der Waals surface area contributed by atoms with Crippen molar-refractivity contribution in [2.75, 3.05) is 20.1 Å². The van der Waals surface area contributed by atoms with E-state index >= 15 is 0 Å². The van der Waals surface area contributed by atoms with Crippen LogP contribution in [0.25, 0.3) is 0 Å². The van der Waals surface area contributed by atoms with E-state index in [4.69, 9.17) is 0 Å². The Morgan fingerprint density at radius 3 is 2.48 bits per heavy atom. The van der Waals surface area contributed by atoms with Gasteiger partial charge in [0.1, 0.15) is 0 Å². The Kier molecular flexibility index (Phi) is 7.85. The average Bonchev–Trinajstić information content (AvgIpc) is 2.99. The van der Waals surface area contributed by atoms with Crippen molar-refractivity contribution >= 4 is 11.9 Å². The molecule has 2 aromatic rings. The Hall–Kier alpha value is -2.83. The minimum absolute atomic E-state index is 0.0444. The summed E-state index contributed by atoms with van der Waals surface area (Å²) in [7, 11) is 1.76. The maximum atomic E-state index is 11.8. The molecular weight excluding hydrogens is 340 g/mol. The van der Waals surface area contributed by atoms with Gasteiger partial charge in [-0.2, -0.15) is 5.10 Å². The zero-order chi connectivity index (χ0) is 19.6. The number of carbonyl (C=O) groups excluding carboxylic acids is 1. The number of guanidine groups is 1. The van der Waals surface area contributed by atoms with Crippen LogP contribution in [0.1, 0.15) is 40.7 Å². The number of rotatable bonds is 8. The summed E-state index contributed by atoms with van der Waals surface area (Å²) in [6, 6.07) is 9.67. The van der Waals surface area contributed by atoms with Gasteiger partial charge in [-0.15, -0.1) is 0 Å². The van der Waals surface area contributed by atoms with E-state index in [-0.39, 0.29) is 5.91 Å². The van der Waals surface area contributed by atoms with Crippen LogP contribution < -0.4 is 16.0 Å². The van der Waals surface area contributed by atoms with E-state index in [1.807, 2.05) is 42.8 Å². The average molecular weight is 371 g/mol. The molecule has 0 spiro atoms. The molecule has 3 N–H and O–H groups in total. The number of aryl methyl sites for hydroxylation is 3. The number of nitrogens with zero attached hydrogens (tertiary/aromatic N) is 3. The predicted molar refractivity (Wildman–Crippen MR) is 109 cm³/mol. The second kappa shape index (κ2) is 10.4. The van der Waals surface area contributed by atoms with Crippen molar-refractivity contribution < 1.29 is 4.79 Å². The third kappa shape index (κ3) is 6.44. The minimum Gasteiger partial charge on any atom is -0.356 e. The second-order valence-corrected chi connectivity index (χ2v) is 6.41. The molecule has 7 nitrogen and oxygen atoms in total. The molecule has 27 heavy (non-hydrogen) atoms. The molecule has 1 amide bonds. The van der Waals surface area contributed by atoms with Gasteiger partial charge >= 0.3 is 0 Å². The molecule has 0 aliphatic carbocycles.